The zero-order valence-corrected chi connectivity index (χ0v) is 13.4. The summed E-state index contributed by atoms with van der Waals surface area (Å²) in [5, 5.41) is 0. The van der Waals surface area contributed by atoms with Crippen molar-refractivity contribution in [3.8, 4) is 0 Å². The number of alkyl halides is 1. The van der Waals surface area contributed by atoms with Crippen LogP contribution in [0.25, 0.3) is 0 Å². The Bertz CT molecular complexity index is 217. The maximum atomic E-state index is 6.31. The molecule has 0 amide bonds. The molecule has 0 aliphatic heterocycles. The monoisotopic (exact) mass is 350 g/mol. The van der Waals surface area contributed by atoms with Crippen molar-refractivity contribution in [3.05, 3.63) is 0 Å². The van der Waals surface area contributed by atoms with Crippen LogP contribution in [0.15, 0.2) is 0 Å². The number of hydrogen-bond acceptors (Lipinski definition) is 1. The smallest absolute Gasteiger partial charge is 0.0771 e. The van der Waals surface area contributed by atoms with E-state index < -0.39 is 0 Å². The predicted molar refractivity (Wildman–Crippen MR) is 81.8 cm³/mol. The third-order valence-corrected chi connectivity index (χ3v) is 6.39. The fourth-order valence-electron chi connectivity index (χ4n) is 3.15. The summed E-state index contributed by atoms with van der Waals surface area (Å²) in [5.74, 6) is 1.97. The molecule has 100 valence electrons. The van der Waals surface area contributed by atoms with E-state index in [4.69, 9.17) is 4.74 Å². The van der Waals surface area contributed by atoms with Crippen LogP contribution in [0, 0.1) is 11.8 Å². The molecule has 0 aromatic carbocycles. The predicted octanol–water partition coefficient (Wildman–Crippen LogP) is 4.97. The molecule has 0 unspecified atom stereocenters. The lowest BCUT2D eigenvalue weighted by molar-refractivity contribution is -0.0654. The third kappa shape index (κ3) is 3.82. The highest BCUT2D eigenvalue weighted by molar-refractivity contribution is 14.1. The molecule has 0 aromatic heterocycles. The first-order chi connectivity index (χ1) is 8.28. The van der Waals surface area contributed by atoms with E-state index in [1.807, 2.05) is 0 Å². The van der Waals surface area contributed by atoms with Crippen molar-refractivity contribution in [1.82, 2.24) is 0 Å². The molecule has 2 heteroatoms. The Labute approximate surface area is 120 Å². The van der Waals surface area contributed by atoms with Crippen molar-refractivity contribution < 1.29 is 4.74 Å². The molecule has 0 N–H and O–H groups in total. The molecular formula is C15H27IO. The van der Waals surface area contributed by atoms with Gasteiger partial charge in [0.05, 0.1) is 5.60 Å². The second-order valence-electron chi connectivity index (χ2n) is 6.10. The second-order valence-corrected chi connectivity index (χ2v) is 6.87. The molecule has 0 heterocycles. The first-order valence-corrected chi connectivity index (χ1v) is 9.00. The molecule has 2 fully saturated rings. The Balaban J connectivity index is 1.70. The molecule has 2 aliphatic carbocycles. The van der Waals surface area contributed by atoms with Crippen molar-refractivity contribution in [2.24, 2.45) is 11.8 Å². The minimum atomic E-state index is 0.246. The molecule has 1 nitrogen and oxygen atoms in total. The van der Waals surface area contributed by atoms with Crippen LogP contribution < -0.4 is 0 Å². The van der Waals surface area contributed by atoms with E-state index in [0.717, 1.165) is 18.4 Å². The van der Waals surface area contributed by atoms with E-state index in [-0.39, 0.29) is 5.60 Å². The summed E-state index contributed by atoms with van der Waals surface area (Å²) >= 11 is 2.53. The van der Waals surface area contributed by atoms with Gasteiger partial charge in [0, 0.05) is 11.0 Å². The van der Waals surface area contributed by atoms with Gasteiger partial charge in [-0.15, -0.1) is 0 Å². The summed E-state index contributed by atoms with van der Waals surface area (Å²) in [6.07, 6.45) is 12.4. The SMILES string of the molecule is CCC1CCC(CI)(OCCC2CCC2)CC1. The zero-order chi connectivity index (χ0) is 12.1. The van der Waals surface area contributed by atoms with Crippen LogP contribution in [0.1, 0.15) is 64.7 Å². The fourth-order valence-corrected chi connectivity index (χ4v) is 4.14. The van der Waals surface area contributed by atoms with Gasteiger partial charge >= 0.3 is 0 Å². The van der Waals surface area contributed by atoms with Gasteiger partial charge in [-0.2, -0.15) is 0 Å². The van der Waals surface area contributed by atoms with Gasteiger partial charge in [-0.1, -0.05) is 55.2 Å². The Morgan fingerprint density at radius 3 is 2.29 bits per heavy atom. The van der Waals surface area contributed by atoms with E-state index in [1.165, 1.54) is 62.2 Å². The first kappa shape index (κ1) is 14.1. The standard InChI is InChI=1S/C15H27IO/c1-2-13-6-9-15(12-16,10-7-13)17-11-8-14-4-3-5-14/h13-14H,2-12H2,1H3. The van der Waals surface area contributed by atoms with Crippen molar-refractivity contribution >= 4 is 22.6 Å². The maximum absolute atomic E-state index is 6.31. The summed E-state index contributed by atoms with van der Waals surface area (Å²) in [6, 6.07) is 0. The molecule has 2 aliphatic rings. The highest BCUT2D eigenvalue weighted by atomic mass is 127. The summed E-state index contributed by atoms with van der Waals surface area (Å²) in [6.45, 7) is 3.35. The molecule has 0 atom stereocenters. The Kier molecular flexibility index (Phi) is 5.59. The lowest BCUT2D eigenvalue weighted by atomic mass is 9.78. The summed E-state index contributed by atoms with van der Waals surface area (Å²) in [4.78, 5) is 0. The first-order valence-electron chi connectivity index (χ1n) is 7.48. The van der Waals surface area contributed by atoms with E-state index in [2.05, 4.69) is 29.5 Å². The Morgan fingerprint density at radius 2 is 1.82 bits per heavy atom. The van der Waals surface area contributed by atoms with Crippen LogP contribution in [0.2, 0.25) is 0 Å². The van der Waals surface area contributed by atoms with Crippen LogP contribution in [-0.4, -0.2) is 16.6 Å². The van der Waals surface area contributed by atoms with E-state index >= 15 is 0 Å². The molecule has 17 heavy (non-hydrogen) atoms. The van der Waals surface area contributed by atoms with Gasteiger partial charge in [-0.05, 0) is 43.9 Å². The van der Waals surface area contributed by atoms with Gasteiger partial charge in [0.25, 0.3) is 0 Å². The molecule has 2 rings (SSSR count). The van der Waals surface area contributed by atoms with Gasteiger partial charge in [-0.25, -0.2) is 0 Å². The van der Waals surface area contributed by atoms with Crippen LogP contribution in [-0.2, 0) is 4.74 Å². The number of halogens is 1. The minimum absolute atomic E-state index is 0.246. The van der Waals surface area contributed by atoms with Crippen molar-refractivity contribution in [2.45, 2.75) is 70.3 Å². The number of hydrogen-bond donors (Lipinski definition) is 0. The van der Waals surface area contributed by atoms with E-state index in [9.17, 15) is 0 Å². The molecule has 0 bridgehead atoms. The van der Waals surface area contributed by atoms with Gasteiger partial charge < -0.3 is 4.74 Å². The molecule has 0 radical (unpaired) electrons. The lowest BCUT2D eigenvalue weighted by Gasteiger charge is -2.39. The van der Waals surface area contributed by atoms with Crippen molar-refractivity contribution in [1.29, 1.82) is 0 Å². The second kappa shape index (κ2) is 6.74. The van der Waals surface area contributed by atoms with Crippen LogP contribution in [0.5, 0.6) is 0 Å². The molecule has 2 saturated carbocycles. The summed E-state index contributed by atoms with van der Waals surface area (Å²) in [5.41, 5.74) is 0.246. The van der Waals surface area contributed by atoms with E-state index in [1.54, 1.807) is 0 Å². The minimum Gasteiger partial charge on any atom is -0.374 e. The van der Waals surface area contributed by atoms with Crippen molar-refractivity contribution in [2.75, 3.05) is 11.0 Å². The molecule has 0 aromatic rings. The zero-order valence-electron chi connectivity index (χ0n) is 11.2. The summed E-state index contributed by atoms with van der Waals surface area (Å²) in [7, 11) is 0. The highest BCUT2D eigenvalue weighted by Gasteiger charge is 2.35. The number of ether oxygens (including phenoxy) is 1. The highest BCUT2D eigenvalue weighted by Crippen LogP contribution is 2.38. The maximum Gasteiger partial charge on any atom is 0.0771 e. The topological polar surface area (TPSA) is 9.23 Å². The summed E-state index contributed by atoms with van der Waals surface area (Å²) < 4.78 is 7.50. The van der Waals surface area contributed by atoms with Crippen molar-refractivity contribution in [3.63, 3.8) is 0 Å². The average Bonchev–Trinajstić information content (AvgIpc) is 2.33. The molecule has 0 spiro atoms. The largest absolute Gasteiger partial charge is 0.374 e. The Morgan fingerprint density at radius 1 is 1.12 bits per heavy atom. The third-order valence-electron chi connectivity index (χ3n) is 5.00. The lowest BCUT2D eigenvalue weighted by Crippen LogP contribution is -2.39. The van der Waals surface area contributed by atoms with Gasteiger partial charge in [-0.3, -0.25) is 0 Å². The van der Waals surface area contributed by atoms with Gasteiger partial charge in [0.1, 0.15) is 0 Å². The Hall–Kier alpha value is 0.690. The number of rotatable bonds is 6. The average molecular weight is 350 g/mol. The van der Waals surface area contributed by atoms with Gasteiger partial charge in [0.2, 0.25) is 0 Å². The molecule has 0 saturated heterocycles. The quantitative estimate of drug-likeness (QED) is 0.486. The van der Waals surface area contributed by atoms with E-state index in [0.29, 0.717) is 0 Å². The normalized spacial score (nSPS) is 34.6. The van der Waals surface area contributed by atoms with Crippen LogP contribution in [0.3, 0.4) is 0 Å². The fraction of sp³-hybridized carbons (Fsp3) is 1.00. The van der Waals surface area contributed by atoms with Crippen LogP contribution >= 0.6 is 22.6 Å². The van der Waals surface area contributed by atoms with Crippen LogP contribution in [0.4, 0.5) is 0 Å². The van der Waals surface area contributed by atoms with Gasteiger partial charge in [0.15, 0.2) is 0 Å². The molecular weight excluding hydrogens is 323 g/mol.